The lowest BCUT2D eigenvalue weighted by atomic mass is 10.1. The van der Waals surface area contributed by atoms with Gasteiger partial charge in [-0.05, 0) is 18.1 Å². The van der Waals surface area contributed by atoms with Crippen LogP contribution in [0.4, 0.5) is 0 Å². The Hall–Kier alpha value is -1.75. The molecule has 0 aliphatic rings. The van der Waals surface area contributed by atoms with E-state index in [2.05, 4.69) is 20.2 Å². The van der Waals surface area contributed by atoms with Crippen molar-refractivity contribution in [3.63, 3.8) is 0 Å². The zero-order valence-corrected chi connectivity index (χ0v) is 7.81. The minimum atomic E-state index is -0.287. The van der Waals surface area contributed by atoms with E-state index in [1.807, 2.05) is 13.0 Å². The molecule has 0 bridgehead atoms. The first kappa shape index (κ1) is 8.83. The van der Waals surface area contributed by atoms with Crippen molar-refractivity contribution in [2.45, 2.75) is 13.0 Å². The Bertz CT molecular complexity index is 409. The fourth-order valence-electron chi connectivity index (χ4n) is 1.27. The smallest absolute Gasteiger partial charge is 0.145 e. The summed E-state index contributed by atoms with van der Waals surface area (Å²) in [6, 6.07) is 1.70. The fraction of sp³-hybridized carbons (Fsp3) is 0.222. The van der Waals surface area contributed by atoms with Gasteiger partial charge in [0.05, 0.1) is 6.04 Å². The fourth-order valence-corrected chi connectivity index (χ4v) is 1.27. The molecule has 0 amide bonds. The highest BCUT2D eigenvalue weighted by molar-refractivity contribution is 5.24. The largest absolute Gasteiger partial charge is 0.318 e. The molecule has 1 atom stereocenters. The van der Waals surface area contributed by atoms with Gasteiger partial charge < -0.3 is 5.73 Å². The average molecular weight is 189 g/mol. The number of pyridine rings is 1. The minimum Gasteiger partial charge on any atom is -0.318 e. The molecule has 0 radical (unpaired) electrons. The molecule has 0 fully saturated rings. The second kappa shape index (κ2) is 3.55. The molecular formula is C9H11N5. The highest BCUT2D eigenvalue weighted by atomic mass is 15.2. The summed E-state index contributed by atoms with van der Waals surface area (Å²) in [6.45, 7) is 1.98. The van der Waals surface area contributed by atoms with E-state index < -0.39 is 0 Å². The third kappa shape index (κ3) is 1.62. The van der Waals surface area contributed by atoms with Crippen LogP contribution in [0.1, 0.15) is 23.0 Å². The van der Waals surface area contributed by atoms with Crippen molar-refractivity contribution >= 4 is 0 Å². The van der Waals surface area contributed by atoms with Gasteiger partial charge in [0.1, 0.15) is 12.2 Å². The number of nitrogens with one attached hydrogen (secondary N) is 1. The first-order chi connectivity index (χ1) is 6.77. The van der Waals surface area contributed by atoms with Gasteiger partial charge in [0.15, 0.2) is 0 Å². The molecule has 0 saturated carbocycles. The van der Waals surface area contributed by atoms with Gasteiger partial charge in [0.25, 0.3) is 0 Å². The van der Waals surface area contributed by atoms with Gasteiger partial charge in [-0.25, -0.2) is 4.98 Å². The SMILES string of the molecule is Cc1cncc(C(N)c2ncn[nH]2)c1. The van der Waals surface area contributed by atoms with E-state index in [0.29, 0.717) is 5.82 Å². The molecule has 2 heterocycles. The number of nitrogens with two attached hydrogens (primary N) is 1. The van der Waals surface area contributed by atoms with Crippen LogP contribution in [0.3, 0.4) is 0 Å². The van der Waals surface area contributed by atoms with Gasteiger partial charge >= 0.3 is 0 Å². The first-order valence-electron chi connectivity index (χ1n) is 4.30. The van der Waals surface area contributed by atoms with Gasteiger partial charge in [-0.15, -0.1) is 0 Å². The van der Waals surface area contributed by atoms with Crippen LogP contribution in [0.2, 0.25) is 0 Å². The Morgan fingerprint density at radius 1 is 1.43 bits per heavy atom. The lowest BCUT2D eigenvalue weighted by Crippen LogP contribution is -2.14. The second-order valence-corrected chi connectivity index (χ2v) is 3.14. The normalized spacial score (nSPS) is 12.7. The lowest BCUT2D eigenvalue weighted by Gasteiger charge is -2.08. The van der Waals surface area contributed by atoms with Crippen LogP contribution in [-0.2, 0) is 0 Å². The predicted octanol–water partition coefficient (Wildman–Crippen LogP) is 0.556. The van der Waals surface area contributed by atoms with Crippen LogP contribution >= 0.6 is 0 Å². The maximum atomic E-state index is 5.96. The zero-order chi connectivity index (χ0) is 9.97. The van der Waals surface area contributed by atoms with Crippen LogP contribution in [0.25, 0.3) is 0 Å². The Morgan fingerprint density at radius 3 is 2.93 bits per heavy atom. The van der Waals surface area contributed by atoms with Crippen molar-refractivity contribution in [3.05, 3.63) is 41.7 Å². The van der Waals surface area contributed by atoms with E-state index in [9.17, 15) is 0 Å². The van der Waals surface area contributed by atoms with Crippen molar-refractivity contribution in [2.75, 3.05) is 0 Å². The van der Waals surface area contributed by atoms with E-state index in [-0.39, 0.29) is 6.04 Å². The monoisotopic (exact) mass is 189 g/mol. The maximum Gasteiger partial charge on any atom is 0.145 e. The molecule has 3 N–H and O–H groups in total. The summed E-state index contributed by atoms with van der Waals surface area (Å²) in [6.07, 6.45) is 4.97. The third-order valence-electron chi connectivity index (χ3n) is 1.98. The van der Waals surface area contributed by atoms with Crippen molar-refractivity contribution in [3.8, 4) is 0 Å². The molecule has 0 spiro atoms. The van der Waals surface area contributed by atoms with Crippen molar-refractivity contribution in [1.29, 1.82) is 0 Å². The molecule has 0 aromatic carbocycles. The highest BCUT2D eigenvalue weighted by Crippen LogP contribution is 2.14. The Labute approximate surface area is 81.4 Å². The summed E-state index contributed by atoms with van der Waals surface area (Å²) < 4.78 is 0. The van der Waals surface area contributed by atoms with Gasteiger partial charge in [0, 0.05) is 12.4 Å². The molecule has 14 heavy (non-hydrogen) atoms. The van der Waals surface area contributed by atoms with Crippen LogP contribution in [-0.4, -0.2) is 20.2 Å². The summed E-state index contributed by atoms with van der Waals surface area (Å²) in [5.41, 5.74) is 7.97. The maximum absolute atomic E-state index is 5.96. The number of aromatic nitrogens is 4. The quantitative estimate of drug-likeness (QED) is 0.723. The van der Waals surface area contributed by atoms with Crippen molar-refractivity contribution in [2.24, 2.45) is 5.73 Å². The predicted molar refractivity (Wildman–Crippen MR) is 51.4 cm³/mol. The number of H-pyrrole nitrogens is 1. The molecule has 5 heteroatoms. The number of rotatable bonds is 2. The van der Waals surface area contributed by atoms with Crippen LogP contribution in [0.5, 0.6) is 0 Å². The average Bonchev–Trinajstić information content (AvgIpc) is 2.69. The van der Waals surface area contributed by atoms with E-state index >= 15 is 0 Å². The molecule has 2 aromatic rings. The number of hydrogen-bond acceptors (Lipinski definition) is 4. The van der Waals surface area contributed by atoms with Gasteiger partial charge in [0.2, 0.25) is 0 Å². The molecule has 0 aliphatic heterocycles. The van der Waals surface area contributed by atoms with Gasteiger partial charge in [-0.2, -0.15) is 5.10 Å². The van der Waals surface area contributed by atoms with Crippen LogP contribution in [0, 0.1) is 6.92 Å². The number of nitrogens with zero attached hydrogens (tertiary/aromatic N) is 3. The molecular weight excluding hydrogens is 178 g/mol. The number of aromatic amines is 1. The van der Waals surface area contributed by atoms with E-state index in [1.54, 1.807) is 12.4 Å². The van der Waals surface area contributed by atoms with Crippen LogP contribution in [0.15, 0.2) is 24.8 Å². The highest BCUT2D eigenvalue weighted by Gasteiger charge is 2.11. The summed E-state index contributed by atoms with van der Waals surface area (Å²) >= 11 is 0. The Kier molecular flexibility index (Phi) is 2.24. The van der Waals surface area contributed by atoms with Crippen molar-refractivity contribution in [1.82, 2.24) is 20.2 Å². The number of hydrogen-bond donors (Lipinski definition) is 2. The van der Waals surface area contributed by atoms with E-state index in [4.69, 9.17) is 5.73 Å². The molecule has 0 saturated heterocycles. The van der Waals surface area contributed by atoms with Crippen LogP contribution < -0.4 is 5.73 Å². The summed E-state index contributed by atoms with van der Waals surface area (Å²) in [5, 5.41) is 6.50. The van der Waals surface area contributed by atoms with Gasteiger partial charge in [-0.1, -0.05) is 6.07 Å². The molecule has 5 nitrogen and oxygen atoms in total. The van der Waals surface area contributed by atoms with Crippen molar-refractivity contribution < 1.29 is 0 Å². The lowest BCUT2D eigenvalue weighted by molar-refractivity contribution is 0.781. The molecule has 0 aliphatic carbocycles. The summed E-state index contributed by atoms with van der Waals surface area (Å²) in [4.78, 5) is 8.08. The summed E-state index contributed by atoms with van der Waals surface area (Å²) in [7, 11) is 0. The zero-order valence-electron chi connectivity index (χ0n) is 7.81. The molecule has 72 valence electrons. The summed E-state index contributed by atoms with van der Waals surface area (Å²) in [5.74, 6) is 0.650. The molecule has 1 unspecified atom stereocenters. The third-order valence-corrected chi connectivity index (χ3v) is 1.98. The number of aryl methyl sites for hydroxylation is 1. The standard InChI is InChI=1S/C9H11N5/c1-6-2-7(4-11-3-6)8(10)9-12-5-13-14-9/h2-5,8H,10H2,1H3,(H,12,13,14). The second-order valence-electron chi connectivity index (χ2n) is 3.14. The first-order valence-corrected chi connectivity index (χ1v) is 4.30. The van der Waals surface area contributed by atoms with E-state index in [1.165, 1.54) is 6.33 Å². The molecule has 2 rings (SSSR count). The Balaban J connectivity index is 2.32. The topological polar surface area (TPSA) is 80.5 Å². The van der Waals surface area contributed by atoms with E-state index in [0.717, 1.165) is 11.1 Å². The Morgan fingerprint density at radius 2 is 2.29 bits per heavy atom. The van der Waals surface area contributed by atoms with Gasteiger partial charge in [-0.3, -0.25) is 10.1 Å². The minimum absolute atomic E-state index is 0.287. The molecule has 2 aromatic heterocycles.